The quantitative estimate of drug-likeness (QED) is 0.634. The van der Waals surface area contributed by atoms with Crippen molar-refractivity contribution in [3.05, 3.63) is 24.3 Å². The molecule has 1 aromatic carbocycles. The Labute approximate surface area is 179 Å². The van der Waals surface area contributed by atoms with Crippen LogP contribution in [0.1, 0.15) is 47.0 Å². The van der Waals surface area contributed by atoms with E-state index in [0.717, 1.165) is 30.9 Å². The first kappa shape index (κ1) is 22.4. The lowest BCUT2D eigenvalue weighted by Crippen LogP contribution is -2.54. The molecular weight excluding hydrogens is 384 g/mol. The minimum Gasteiger partial charge on any atom is -0.497 e. The summed E-state index contributed by atoms with van der Waals surface area (Å²) in [5.74, 6) is 0.0437. The van der Waals surface area contributed by atoms with E-state index in [1.54, 1.807) is 21.0 Å². The fourth-order valence-electron chi connectivity index (χ4n) is 4.22. The summed E-state index contributed by atoms with van der Waals surface area (Å²) in [6, 6.07) is 8.17. The van der Waals surface area contributed by atoms with Crippen molar-refractivity contribution >= 4 is 17.6 Å². The van der Waals surface area contributed by atoms with Gasteiger partial charge < -0.3 is 24.0 Å². The first-order chi connectivity index (χ1) is 14.2. The highest BCUT2D eigenvalue weighted by Crippen LogP contribution is 2.28. The van der Waals surface area contributed by atoms with Crippen LogP contribution in [0.5, 0.6) is 5.75 Å². The summed E-state index contributed by atoms with van der Waals surface area (Å²) in [7, 11) is 1.67. The molecule has 1 amide bonds. The predicted molar refractivity (Wildman–Crippen MR) is 114 cm³/mol. The van der Waals surface area contributed by atoms with Gasteiger partial charge in [0.15, 0.2) is 6.10 Å². The highest BCUT2D eigenvalue weighted by Gasteiger charge is 2.40. The number of hydrogen-bond acceptors (Lipinski definition) is 6. The average molecular weight is 419 g/mol. The maximum Gasteiger partial charge on any atom is 0.337 e. The molecule has 1 unspecified atom stereocenters. The number of carbonyl (C=O) groups excluding carboxylic acids is 2. The van der Waals surface area contributed by atoms with Crippen LogP contribution >= 0.6 is 0 Å². The Morgan fingerprint density at radius 3 is 2.73 bits per heavy atom. The lowest BCUT2D eigenvalue weighted by Gasteiger charge is -2.41. The fraction of sp³-hybridized carbons (Fsp3) is 0.652. The third kappa shape index (κ3) is 5.45. The lowest BCUT2D eigenvalue weighted by atomic mass is 9.98. The Morgan fingerprint density at radius 1 is 1.33 bits per heavy atom. The van der Waals surface area contributed by atoms with E-state index in [0.29, 0.717) is 19.4 Å². The summed E-state index contributed by atoms with van der Waals surface area (Å²) < 4.78 is 16.2. The van der Waals surface area contributed by atoms with Crippen LogP contribution in [0.15, 0.2) is 24.3 Å². The average Bonchev–Trinajstić information content (AvgIpc) is 2.97. The van der Waals surface area contributed by atoms with Gasteiger partial charge in [-0.15, -0.1) is 0 Å². The minimum atomic E-state index is -0.849. The maximum absolute atomic E-state index is 12.9. The van der Waals surface area contributed by atoms with Gasteiger partial charge in [-0.1, -0.05) is 13.0 Å². The van der Waals surface area contributed by atoms with Gasteiger partial charge in [-0.25, -0.2) is 4.79 Å². The topological polar surface area (TPSA) is 68.3 Å². The summed E-state index contributed by atoms with van der Waals surface area (Å²) in [4.78, 5) is 29.0. The molecule has 0 saturated carbocycles. The van der Waals surface area contributed by atoms with Gasteiger partial charge in [0.25, 0.3) is 0 Å². The van der Waals surface area contributed by atoms with Gasteiger partial charge in [0, 0.05) is 57.7 Å². The van der Waals surface area contributed by atoms with E-state index in [2.05, 4.69) is 24.8 Å². The number of carbonyl (C=O) groups is 2. The van der Waals surface area contributed by atoms with E-state index in [1.807, 2.05) is 23.1 Å². The Bertz CT molecular complexity index is 766. The van der Waals surface area contributed by atoms with Crippen LogP contribution < -0.4 is 9.64 Å². The number of piperazine rings is 1. The van der Waals surface area contributed by atoms with Crippen LogP contribution in [0.2, 0.25) is 0 Å². The Morgan fingerprint density at radius 2 is 2.10 bits per heavy atom. The second-order valence-electron chi connectivity index (χ2n) is 8.90. The van der Waals surface area contributed by atoms with Crippen molar-refractivity contribution in [1.29, 1.82) is 0 Å². The van der Waals surface area contributed by atoms with Crippen molar-refractivity contribution in [3.63, 3.8) is 0 Å². The molecule has 7 nitrogen and oxygen atoms in total. The molecule has 2 aliphatic rings. The maximum atomic E-state index is 12.9. The van der Waals surface area contributed by atoms with Gasteiger partial charge in [0.05, 0.1) is 7.11 Å². The molecule has 2 aliphatic heterocycles. The molecular formula is C23H34N2O5. The zero-order chi connectivity index (χ0) is 21.9. The molecule has 30 heavy (non-hydrogen) atoms. The van der Waals surface area contributed by atoms with Crippen molar-refractivity contribution in [2.75, 3.05) is 31.6 Å². The number of ether oxygens (including phenoxy) is 3. The first-order valence-electron chi connectivity index (χ1n) is 10.8. The number of anilines is 1. The number of hydrogen-bond donors (Lipinski definition) is 0. The third-order valence-corrected chi connectivity index (χ3v) is 5.85. The Balaban J connectivity index is 1.47. The molecule has 7 heteroatoms. The van der Waals surface area contributed by atoms with Crippen LogP contribution in [-0.2, 0) is 19.1 Å². The van der Waals surface area contributed by atoms with Gasteiger partial charge in [0.1, 0.15) is 5.75 Å². The summed E-state index contributed by atoms with van der Waals surface area (Å²) >= 11 is 0. The molecule has 2 fully saturated rings. The molecule has 166 valence electrons. The fourth-order valence-corrected chi connectivity index (χ4v) is 4.22. The molecule has 0 aliphatic carbocycles. The summed E-state index contributed by atoms with van der Waals surface area (Å²) in [5, 5.41) is 0. The second kappa shape index (κ2) is 9.25. The summed E-state index contributed by atoms with van der Waals surface area (Å²) in [6.45, 7) is 9.93. The Kier molecular flexibility index (Phi) is 6.91. The number of esters is 1. The second-order valence-corrected chi connectivity index (χ2v) is 8.90. The zero-order valence-electron chi connectivity index (χ0n) is 18.7. The van der Waals surface area contributed by atoms with Crippen LogP contribution in [-0.4, -0.2) is 61.5 Å². The highest BCUT2D eigenvalue weighted by molar-refractivity contribution is 5.77. The Hall–Kier alpha value is -2.28. The molecule has 2 saturated heterocycles. The number of amides is 1. The molecule has 3 rings (SSSR count). The van der Waals surface area contributed by atoms with Gasteiger partial charge in [-0.3, -0.25) is 4.79 Å². The van der Waals surface area contributed by atoms with E-state index in [1.165, 1.54) is 0 Å². The molecule has 0 aromatic heterocycles. The largest absolute Gasteiger partial charge is 0.497 e. The van der Waals surface area contributed by atoms with E-state index >= 15 is 0 Å². The number of methoxy groups -OCH3 is 1. The summed E-state index contributed by atoms with van der Waals surface area (Å²) in [6.07, 6.45) is 1.28. The number of benzene rings is 1. The van der Waals surface area contributed by atoms with Crippen LogP contribution in [0.4, 0.5) is 5.69 Å². The van der Waals surface area contributed by atoms with Gasteiger partial charge in [-0.2, -0.15) is 0 Å². The van der Waals surface area contributed by atoms with Gasteiger partial charge in [-0.05, 0) is 37.8 Å². The van der Waals surface area contributed by atoms with E-state index in [4.69, 9.17) is 14.2 Å². The van der Waals surface area contributed by atoms with Crippen molar-refractivity contribution in [3.8, 4) is 5.75 Å². The van der Waals surface area contributed by atoms with Crippen molar-refractivity contribution in [2.45, 2.75) is 64.9 Å². The third-order valence-electron chi connectivity index (χ3n) is 5.85. The molecule has 1 aromatic rings. The van der Waals surface area contributed by atoms with E-state index < -0.39 is 11.9 Å². The molecule has 0 N–H and O–H groups in total. The van der Waals surface area contributed by atoms with Crippen LogP contribution in [0, 0.1) is 5.92 Å². The standard InChI is InChI=1S/C23H34N2O5/c1-16(9-10-20-22(27)30-23(3,4)29-20)13-21(26)25-12-11-24(15-17(25)2)18-7-6-8-19(14-18)28-5/h6-8,14,16-17,20H,9-13,15H2,1-5H3/t16?,17-,20+/m1/s1. The van der Waals surface area contributed by atoms with Crippen molar-refractivity contribution < 1.29 is 23.8 Å². The number of cyclic esters (lactones) is 1. The molecule has 2 heterocycles. The molecule has 0 spiro atoms. The minimum absolute atomic E-state index is 0.138. The van der Waals surface area contributed by atoms with E-state index in [9.17, 15) is 9.59 Å². The van der Waals surface area contributed by atoms with Crippen molar-refractivity contribution in [2.24, 2.45) is 5.92 Å². The number of rotatable bonds is 7. The van der Waals surface area contributed by atoms with Crippen LogP contribution in [0.25, 0.3) is 0 Å². The van der Waals surface area contributed by atoms with Crippen molar-refractivity contribution in [1.82, 2.24) is 4.90 Å². The smallest absolute Gasteiger partial charge is 0.337 e. The lowest BCUT2D eigenvalue weighted by molar-refractivity contribution is -0.161. The SMILES string of the molecule is COc1cccc(N2CCN(C(=O)CC(C)CC[C@@H]3OC(C)(C)OC3=O)[C@H](C)C2)c1. The van der Waals surface area contributed by atoms with Gasteiger partial charge >= 0.3 is 5.97 Å². The van der Waals surface area contributed by atoms with E-state index in [-0.39, 0.29) is 23.8 Å². The van der Waals surface area contributed by atoms with Gasteiger partial charge in [0.2, 0.25) is 11.7 Å². The monoisotopic (exact) mass is 418 g/mol. The molecule has 0 radical (unpaired) electrons. The van der Waals surface area contributed by atoms with Crippen LogP contribution in [0.3, 0.4) is 0 Å². The molecule has 3 atom stereocenters. The predicted octanol–water partition coefficient (Wildman–Crippen LogP) is 3.22. The normalized spacial score (nSPS) is 24.5. The number of nitrogens with zero attached hydrogens (tertiary/aromatic N) is 2. The highest BCUT2D eigenvalue weighted by atomic mass is 16.8. The zero-order valence-corrected chi connectivity index (χ0v) is 18.7. The molecule has 0 bridgehead atoms. The first-order valence-corrected chi connectivity index (χ1v) is 10.8. The summed E-state index contributed by atoms with van der Waals surface area (Å²) in [5.41, 5.74) is 1.12.